The van der Waals surface area contributed by atoms with Crippen LogP contribution in [0.25, 0.3) is 110 Å². The zero-order valence-corrected chi connectivity index (χ0v) is 87.5. The third-order valence-electron chi connectivity index (χ3n) is 24.4. The highest BCUT2D eigenvalue weighted by atomic mass is 14.6. The van der Waals surface area contributed by atoms with Gasteiger partial charge in [0.15, 0.2) is 0 Å². The molecule has 0 nitrogen and oxygen atoms in total. The zero-order chi connectivity index (χ0) is 97.4. The van der Waals surface area contributed by atoms with Gasteiger partial charge in [-0.2, -0.15) is 0 Å². The monoisotopic (exact) mass is 1730 g/mol. The van der Waals surface area contributed by atoms with Crippen LogP contribution in [0, 0.1) is 55.4 Å². The molecule has 0 aromatic heterocycles. The minimum atomic E-state index is -0.251. The third-order valence-corrected chi connectivity index (χ3v) is 24.4. The highest BCUT2D eigenvalue weighted by Crippen LogP contribution is 2.67. The molecule has 0 atom stereocenters. The van der Waals surface area contributed by atoms with Gasteiger partial charge < -0.3 is 0 Å². The van der Waals surface area contributed by atoms with Gasteiger partial charge in [0.25, 0.3) is 0 Å². The van der Waals surface area contributed by atoms with E-state index in [1.54, 1.807) is 0 Å². The molecule has 6 aliphatic rings. The summed E-state index contributed by atoms with van der Waals surface area (Å²) in [5.41, 5.74) is 43.6. The van der Waals surface area contributed by atoms with Crippen molar-refractivity contribution in [1.82, 2.24) is 0 Å². The lowest BCUT2D eigenvalue weighted by Crippen LogP contribution is -2.26. The van der Waals surface area contributed by atoms with Crippen LogP contribution in [0.1, 0.15) is 305 Å². The molecule has 0 bridgehead atoms. The minimum absolute atomic E-state index is 0.195. The summed E-state index contributed by atoms with van der Waals surface area (Å²) in [5, 5.41) is 11.0. The van der Waals surface area contributed by atoms with E-state index in [4.69, 9.17) is 0 Å². The number of aryl methyl sites for hydroxylation is 8. The quantitative estimate of drug-likeness (QED) is 0.133. The summed E-state index contributed by atoms with van der Waals surface area (Å²) in [5.74, 6) is 0. The largest absolute Gasteiger partial charge is 0.0725 e. The van der Waals surface area contributed by atoms with Crippen LogP contribution in [0.15, 0.2) is 315 Å². The highest BCUT2D eigenvalue weighted by molar-refractivity contribution is 6.24. The Morgan fingerprint density at radius 2 is 0.359 bits per heavy atom. The van der Waals surface area contributed by atoms with Crippen LogP contribution in [0.4, 0.5) is 0 Å². The fraction of sp³-hybridized carbons (Fsp3) is 0.298. The second kappa shape index (κ2) is 51.0. The topological polar surface area (TPSA) is 0 Å². The van der Waals surface area contributed by atoms with E-state index in [1.807, 2.05) is 194 Å². The smallest absolute Gasteiger partial charge is 0.0683 e. The Morgan fingerprint density at radius 1 is 0.137 bits per heavy atom. The third kappa shape index (κ3) is 18.9. The molecule has 0 N–H and O–H groups in total. The lowest BCUT2D eigenvalue weighted by molar-refractivity contribution is 0.791. The van der Waals surface area contributed by atoms with Crippen molar-refractivity contribution in [1.29, 1.82) is 0 Å². The molecule has 0 radical (unpaired) electrons. The first-order valence-electron chi connectivity index (χ1n) is 50.7. The molecule has 0 unspecified atom stereocenters. The molecule has 23 rings (SSSR count). The van der Waals surface area contributed by atoms with Gasteiger partial charge in [0.1, 0.15) is 0 Å². The molecular weight excluding hydrogens is 1570 g/mol. The van der Waals surface area contributed by atoms with Crippen molar-refractivity contribution in [2.24, 2.45) is 0 Å². The second-order valence-corrected chi connectivity index (χ2v) is 30.1. The summed E-state index contributed by atoms with van der Waals surface area (Å²) in [6.45, 7) is 73.7. The number of hydrogen-bond acceptors (Lipinski definition) is 0. The fourth-order valence-corrected chi connectivity index (χ4v) is 20.1. The van der Waals surface area contributed by atoms with Crippen LogP contribution in [0.5, 0.6) is 0 Å². The maximum absolute atomic E-state index is 2.46. The van der Waals surface area contributed by atoms with Crippen molar-refractivity contribution >= 4 is 43.1 Å². The SMILES string of the molecule is CC.CC.CC.CC.CC.CC.CC.CC.CC.CC.CC.CC.CC.CC.Cc1ccc2c(c1)-c1cc(C)ccc1C21c2ccccc2-c2ccccc21.Cc1ccc2c(c1)C1(c3ccccc3-c3ccccc31)c1cc(C)c3ccccc3c1-2.Cc1ccc2c(c1)C1(c3ccccc3-c3ccccc31)c1cc(C)ccc1-2.Cc1ccc2ccc3c(C)ccc4ccc1c2c43. The lowest BCUT2D eigenvalue weighted by atomic mass is 9.70. The summed E-state index contributed by atoms with van der Waals surface area (Å²) in [6, 6.07) is 118. The summed E-state index contributed by atoms with van der Waals surface area (Å²) >= 11 is 0. The highest BCUT2D eigenvalue weighted by Gasteiger charge is 2.55. The van der Waals surface area contributed by atoms with E-state index in [1.165, 1.54) is 221 Å². The molecule has 0 fully saturated rings. The maximum atomic E-state index is 2.46. The van der Waals surface area contributed by atoms with Crippen molar-refractivity contribution in [3.05, 3.63) is 427 Å². The molecule has 17 aromatic rings. The normalized spacial score (nSPS) is 11.7. The molecule has 0 saturated carbocycles. The summed E-state index contributed by atoms with van der Waals surface area (Å²) < 4.78 is 0. The van der Waals surface area contributed by atoms with Gasteiger partial charge in [0.05, 0.1) is 16.2 Å². The Morgan fingerprint density at radius 3 is 0.672 bits per heavy atom. The zero-order valence-electron chi connectivity index (χ0n) is 87.5. The van der Waals surface area contributed by atoms with Gasteiger partial charge in [-0.05, 0) is 249 Å². The Labute approximate surface area is 796 Å². The molecule has 0 heterocycles. The van der Waals surface area contributed by atoms with Crippen LogP contribution in [0.3, 0.4) is 0 Å². The molecule has 17 aromatic carbocycles. The van der Waals surface area contributed by atoms with E-state index >= 15 is 0 Å². The van der Waals surface area contributed by atoms with E-state index in [-0.39, 0.29) is 16.2 Å². The fourth-order valence-electron chi connectivity index (χ4n) is 20.1. The Balaban J connectivity index is 0.000000249. The standard InChI is InChI=1S/C31H22.2C27H20.C18H14.14C2H6/c1-19-15-16-25-28(17-19)31(29-18-20(2)21-9-3-4-12-24(21)30(25)29)26-13-7-5-10-22(26)23-11-6-8-14-27(23)31;1-17-11-13-25-21(15-17)22-16-18(2)12-14-26(22)27(25)23-9-5-3-7-19(23)20-8-4-6-10-24(20)27;1-17-11-13-21-22-14-12-18(2)16-26(22)27(25(21)15-17)23-9-5-3-7-19(23)20-8-4-6-10-24(20)27;1-11-3-5-13-8-10-16-12(2)4-6-14-7-9-15(11)17(13)18(14)16;14*1-2/h3-18H,1-2H3;2*3-16H,1-2H3;3-10H,1-2H3;14*1-2H3. The molecule has 0 heteroatoms. The average molecular weight is 1730 g/mol. The molecule has 0 amide bonds. The van der Waals surface area contributed by atoms with Crippen LogP contribution < -0.4 is 0 Å². The first-order valence-corrected chi connectivity index (χ1v) is 50.7. The van der Waals surface area contributed by atoms with Crippen molar-refractivity contribution in [3.8, 4) is 66.8 Å². The number of fused-ring (bicyclic) bond motifs is 32. The average Bonchev–Trinajstić information content (AvgIpc) is 1.51. The minimum Gasteiger partial charge on any atom is -0.0683 e. The van der Waals surface area contributed by atoms with Crippen LogP contribution in [0.2, 0.25) is 0 Å². The van der Waals surface area contributed by atoms with Gasteiger partial charge in [0.2, 0.25) is 0 Å². The first-order chi connectivity index (χ1) is 64.4. The summed E-state index contributed by atoms with van der Waals surface area (Å²) in [7, 11) is 0. The van der Waals surface area contributed by atoms with Gasteiger partial charge >= 0.3 is 0 Å². The van der Waals surface area contributed by atoms with Gasteiger partial charge in [-0.15, -0.1) is 0 Å². The van der Waals surface area contributed by atoms with Gasteiger partial charge in [0, 0.05) is 0 Å². The van der Waals surface area contributed by atoms with E-state index in [2.05, 4.69) is 371 Å². The van der Waals surface area contributed by atoms with Crippen LogP contribution >= 0.6 is 0 Å². The molecule has 684 valence electrons. The summed E-state index contributed by atoms with van der Waals surface area (Å²) in [6.07, 6.45) is 0. The summed E-state index contributed by atoms with van der Waals surface area (Å²) in [4.78, 5) is 0. The van der Waals surface area contributed by atoms with E-state index < -0.39 is 0 Å². The van der Waals surface area contributed by atoms with Crippen molar-refractivity contribution in [2.45, 2.75) is 265 Å². The molecule has 0 saturated heterocycles. The van der Waals surface area contributed by atoms with Crippen LogP contribution in [-0.2, 0) is 16.2 Å². The van der Waals surface area contributed by atoms with E-state index in [0.717, 1.165) is 0 Å². The van der Waals surface area contributed by atoms with Crippen molar-refractivity contribution in [2.75, 3.05) is 0 Å². The number of rotatable bonds is 0. The molecule has 3 spiro atoms. The van der Waals surface area contributed by atoms with Crippen molar-refractivity contribution in [3.63, 3.8) is 0 Å². The number of hydrogen-bond donors (Lipinski definition) is 0. The maximum Gasteiger partial charge on any atom is 0.0725 e. The molecule has 0 aliphatic heterocycles. The predicted octanol–water partition coefficient (Wildman–Crippen LogP) is 40.7. The van der Waals surface area contributed by atoms with E-state index in [9.17, 15) is 0 Å². The lowest BCUT2D eigenvalue weighted by Gasteiger charge is -2.31. The molecular formula is C131H160. The second-order valence-electron chi connectivity index (χ2n) is 30.1. The Hall–Kier alpha value is -12.0. The Bertz CT molecular complexity index is 6160. The van der Waals surface area contributed by atoms with Gasteiger partial charge in [-0.25, -0.2) is 0 Å². The van der Waals surface area contributed by atoms with Crippen LogP contribution in [-0.4, -0.2) is 0 Å². The molecule has 131 heavy (non-hydrogen) atoms. The number of benzene rings is 17. The first kappa shape index (κ1) is 108. The molecule has 6 aliphatic carbocycles. The predicted molar refractivity (Wildman–Crippen MR) is 593 cm³/mol. The van der Waals surface area contributed by atoms with Crippen molar-refractivity contribution < 1.29 is 0 Å². The Kier molecular flexibility index (Phi) is 42.0. The van der Waals surface area contributed by atoms with Gasteiger partial charge in [-0.1, -0.05) is 537 Å². The van der Waals surface area contributed by atoms with E-state index in [0.29, 0.717) is 0 Å². The van der Waals surface area contributed by atoms with Gasteiger partial charge in [-0.3, -0.25) is 0 Å².